The number of aryl methyl sites for hydroxylation is 1. The van der Waals surface area contributed by atoms with Crippen molar-refractivity contribution < 1.29 is 4.39 Å². The Hall–Kier alpha value is -3.45. The Morgan fingerprint density at radius 3 is 2.62 bits per heavy atom. The number of likely N-dealkylation sites (N-methyl/N-ethyl adjacent to an activating group) is 1. The monoisotopic (exact) mass is 430 g/mol. The normalized spacial score (nSPS) is 14.8. The largest absolute Gasteiger partial charge is 0.369 e. The summed E-state index contributed by atoms with van der Waals surface area (Å²) >= 11 is 0. The SMILES string of the molecule is Cc1cnn2c(NCc3cccc(N4CCN(C)CC4)c3)cc(-c3ccccc3F)nc12. The molecule has 0 spiro atoms. The number of anilines is 2. The van der Waals surface area contributed by atoms with Crippen LogP contribution >= 0.6 is 0 Å². The van der Waals surface area contributed by atoms with E-state index in [2.05, 4.69) is 56.5 Å². The molecule has 0 unspecified atom stereocenters. The van der Waals surface area contributed by atoms with Gasteiger partial charge in [0.15, 0.2) is 5.65 Å². The van der Waals surface area contributed by atoms with Crippen molar-refractivity contribution in [3.05, 3.63) is 77.7 Å². The van der Waals surface area contributed by atoms with Gasteiger partial charge in [0.2, 0.25) is 0 Å². The lowest BCUT2D eigenvalue weighted by Gasteiger charge is -2.34. The molecule has 5 rings (SSSR count). The summed E-state index contributed by atoms with van der Waals surface area (Å²) in [5.74, 6) is 0.499. The molecule has 0 saturated carbocycles. The van der Waals surface area contributed by atoms with Gasteiger partial charge in [-0.25, -0.2) is 9.37 Å². The van der Waals surface area contributed by atoms with E-state index in [1.54, 1.807) is 22.8 Å². The third-order valence-electron chi connectivity index (χ3n) is 6.05. The minimum absolute atomic E-state index is 0.285. The molecule has 0 atom stereocenters. The average Bonchev–Trinajstić information content (AvgIpc) is 3.19. The minimum Gasteiger partial charge on any atom is -0.369 e. The first-order valence-electron chi connectivity index (χ1n) is 10.9. The lowest BCUT2D eigenvalue weighted by atomic mass is 10.1. The number of piperazine rings is 1. The van der Waals surface area contributed by atoms with E-state index in [1.165, 1.54) is 17.3 Å². The predicted molar refractivity (Wildman–Crippen MR) is 127 cm³/mol. The van der Waals surface area contributed by atoms with Gasteiger partial charge in [-0.1, -0.05) is 24.3 Å². The number of hydrogen-bond acceptors (Lipinski definition) is 5. The molecule has 6 nitrogen and oxygen atoms in total. The molecule has 4 aromatic rings. The van der Waals surface area contributed by atoms with E-state index < -0.39 is 0 Å². The number of nitrogens with one attached hydrogen (secondary N) is 1. The second kappa shape index (κ2) is 8.59. The molecule has 0 bridgehead atoms. The van der Waals surface area contributed by atoms with Crippen LogP contribution < -0.4 is 10.2 Å². The quantitative estimate of drug-likeness (QED) is 0.514. The maximum Gasteiger partial charge on any atom is 0.160 e. The fraction of sp³-hybridized carbons (Fsp3) is 0.280. The highest BCUT2D eigenvalue weighted by Crippen LogP contribution is 2.26. The Labute approximate surface area is 187 Å². The highest BCUT2D eigenvalue weighted by Gasteiger charge is 2.15. The lowest BCUT2D eigenvalue weighted by Crippen LogP contribution is -2.44. The summed E-state index contributed by atoms with van der Waals surface area (Å²) in [6, 6.07) is 17.2. The van der Waals surface area contributed by atoms with Gasteiger partial charge in [0.25, 0.3) is 0 Å². The summed E-state index contributed by atoms with van der Waals surface area (Å²) in [4.78, 5) is 9.46. The summed E-state index contributed by atoms with van der Waals surface area (Å²) in [6.07, 6.45) is 1.78. The first kappa shape index (κ1) is 20.5. The van der Waals surface area contributed by atoms with Crippen LogP contribution in [0.15, 0.2) is 60.8 Å². The van der Waals surface area contributed by atoms with Crippen LogP contribution in [0.2, 0.25) is 0 Å². The van der Waals surface area contributed by atoms with Gasteiger partial charge in [-0.15, -0.1) is 0 Å². The van der Waals surface area contributed by atoms with E-state index in [1.807, 2.05) is 19.1 Å². The number of nitrogens with zero attached hydrogens (tertiary/aromatic N) is 5. The Morgan fingerprint density at radius 2 is 1.81 bits per heavy atom. The van der Waals surface area contributed by atoms with Crippen LogP contribution in [0, 0.1) is 12.7 Å². The molecule has 0 radical (unpaired) electrons. The zero-order valence-corrected chi connectivity index (χ0v) is 18.4. The van der Waals surface area contributed by atoms with Crippen molar-refractivity contribution >= 4 is 17.2 Å². The average molecular weight is 431 g/mol. The minimum atomic E-state index is -0.285. The maximum absolute atomic E-state index is 14.4. The summed E-state index contributed by atoms with van der Waals surface area (Å²) < 4.78 is 16.2. The Balaban J connectivity index is 1.42. The molecule has 0 amide bonds. The van der Waals surface area contributed by atoms with Gasteiger partial charge < -0.3 is 15.1 Å². The van der Waals surface area contributed by atoms with Crippen molar-refractivity contribution in [2.24, 2.45) is 0 Å². The first-order chi connectivity index (χ1) is 15.6. The smallest absolute Gasteiger partial charge is 0.160 e. The van der Waals surface area contributed by atoms with Crippen LogP contribution in [0.1, 0.15) is 11.1 Å². The molecule has 164 valence electrons. The fourth-order valence-electron chi connectivity index (χ4n) is 4.13. The highest BCUT2D eigenvalue weighted by atomic mass is 19.1. The summed E-state index contributed by atoms with van der Waals surface area (Å²) in [7, 11) is 2.17. The maximum atomic E-state index is 14.4. The number of benzene rings is 2. The van der Waals surface area contributed by atoms with Gasteiger partial charge in [-0.3, -0.25) is 0 Å². The van der Waals surface area contributed by atoms with Crippen molar-refractivity contribution in [1.82, 2.24) is 19.5 Å². The number of hydrogen-bond donors (Lipinski definition) is 1. The second-order valence-corrected chi connectivity index (χ2v) is 8.38. The second-order valence-electron chi connectivity index (χ2n) is 8.38. The van der Waals surface area contributed by atoms with E-state index in [0.29, 0.717) is 17.8 Å². The Bertz CT molecular complexity index is 1240. The molecule has 1 aliphatic heterocycles. The van der Waals surface area contributed by atoms with Crippen LogP contribution in [0.25, 0.3) is 16.9 Å². The topological polar surface area (TPSA) is 48.7 Å². The molecule has 1 N–H and O–H groups in total. The van der Waals surface area contributed by atoms with Crippen molar-refractivity contribution in [3.63, 3.8) is 0 Å². The molecule has 1 saturated heterocycles. The molecule has 2 aromatic carbocycles. The van der Waals surface area contributed by atoms with Crippen LogP contribution in [-0.4, -0.2) is 52.7 Å². The molecule has 1 aliphatic rings. The number of aromatic nitrogens is 3. The first-order valence-corrected chi connectivity index (χ1v) is 10.9. The number of rotatable bonds is 5. The Morgan fingerprint density at radius 1 is 1.00 bits per heavy atom. The third kappa shape index (κ3) is 4.03. The van der Waals surface area contributed by atoms with Gasteiger partial charge in [-0.05, 0) is 43.8 Å². The molecule has 1 fully saturated rings. The van der Waals surface area contributed by atoms with Crippen LogP contribution in [-0.2, 0) is 6.54 Å². The van der Waals surface area contributed by atoms with Crippen molar-refractivity contribution in [2.75, 3.05) is 43.4 Å². The molecular weight excluding hydrogens is 403 g/mol. The zero-order chi connectivity index (χ0) is 22.1. The van der Waals surface area contributed by atoms with Crippen LogP contribution in [0.3, 0.4) is 0 Å². The van der Waals surface area contributed by atoms with E-state index in [-0.39, 0.29) is 5.82 Å². The van der Waals surface area contributed by atoms with Crippen molar-refractivity contribution in [1.29, 1.82) is 0 Å². The molecule has 32 heavy (non-hydrogen) atoms. The van der Waals surface area contributed by atoms with Gasteiger partial charge in [-0.2, -0.15) is 9.61 Å². The third-order valence-corrected chi connectivity index (χ3v) is 6.05. The molecule has 0 aliphatic carbocycles. The van der Waals surface area contributed by atoms with E-state index in [4.69, 9.17) is 0 Å². The lowest BCUT2D eigenvalue weighted by molar-refractivity contribution is 0.313. The molecule has 2 aromatic heterocycles. The van der Waals surface area contributed by atoms with Gasteiger partial charge in [0.1, 0.15) is 11.6 Å². The molecule has 7 heteroatoms. The number of halogens is 1. The molecular formula is C25H27FN6. The van der Waals surface area contributed by atoms with Crippen molar-refractivity contribution in [3.8, 4) is 11.3 Å². The summed E-state index contributed by atoms with van der Waals surface area (Å²) in [5, 5.41) is 7.97. The van der Waals surface area contributed by atoms with E-state index in [0.717, 1.165) is 43.2 Å². The zero-order valence-electron chi connectivity index (χ0n) is 18.4. The summed E-state index contributed by atoms with van der Waals surface area (Å²) in [5.41, 5.74) is 5.17. The van der Waals surface area contributed by atoms with E-state index >= 15 is 0 Å². The van der Waals surface area contributed by atoms with Gasteiger partial charge >= 0.3 is 0 Å². The number of fused-ring (bicyclic) bond motifs is 1. The van der Waals surface area contributed by atoms with Crippen LogP contribution in [0.5, 0.6) is 0 Å². The molecule has 3 heterocycles. The van der Waals surface area contributed by atoms with Gasteiger partial charge in [0, 0.05) is 55.6 Å². The van der Waals surface area contributed by atoms with Crippen molar-refractivity contribution in [2.45, 2.75) is 13.5 Å². The van der Waals surface area contributed by atoms with E-state index in [9.17, 15) is 4.39 Å². The summed E-state index contributed by atoms with van der Waals surface area (Å²) in [6.45, 7) is 6.83. The fourth-order valence-corrected chi connectivity index (χ4v) is 4.13. The Kier molecular flexibility index (Phi) is 5.49. The van der Waals surface area contributed by atoms with Crippen LogP contribution in [0.4, 0.5) is 15.9 Å². The standard InChI is InChI=1S/C25H27FN6/c1-18-16-28-32-24(15-23(29-25(18)32)21-8-3-4-9-22(21)26)27-17-19-6-5-7-20(14-19)31-12-10-30(2)11-13-31/h3-9,14-16,27H,10-13,17H2,1-2H3. The highest BCUT2D eigenvalue weighted by molar-refractivity contribution is 5.68. The predicted octanol–water partition coefficient (Wildman–Crippen LogP) is 4.21. The van der Waals surface area contributed by atoms with Gasteiger partial charge in [0.05, 0.1) is 11.9 Å².